The summed E-state index contributed by atoms with van der Waals surface area (Å²) < 4.78 is 39.0. The van der Waals surface area contributed by atoms with Crippen molar-refractivity contribution in [2.75, 3.05) is 4.90 Å². The number of allylic oxidation sites excluding steroid dienone is 2. The highest BCUT2D eigenvalue weighted by molar-refractivity contribution is 6.31. The minimum Gasteiger partial charge on any atom is -0.294 e. The number of nitrogens with zero attached hydrogens (tertiary/aromatic N) is 1. The van der Waals surface area contributed by atoms with Crippen LogP contribution in [-0.2, 0) is 15.8 Å². The lowest BCUT2D eigenvalue weighted by atomic mass is 9.69. The molecule has 3 nitrogen and oxygen atoms in total. The maximum absolute atomic E-state index is 13.3. The van der Waals surface area contributed by atoms with Crippen molar-refractivity contribution in [3.8, 4) is 0 Å². The Labute approximate surface area is 189 Å². The molecule has 168 valence electrons. The molecule has 0 fully saturated rings. The molecule has 32 heavy (non-hydrogen) atoms. The van der Waals surface area contributed by atoms with E-state index in [0.717, 1.165) is 17.7 Å². The maximum Gasteiger partial charge on any atom is 0.416 e. The first-order valence-electron chi connectivity index (χ1n) is 10.4. The van der Waals surface area contributed by atoms with Crippen molar-refractivity contribution in [3.05, 3.63) is 75.4 Å². The van der Waals surface area contributed by atoms with Crippen LogP contribution in [0.15, 0.2) is 53.7 Å². The van der Waals surface area contributed by atoms with E-state index >= 15 is 0 Å². The predicted molar refractivity (Wildman–Crippen MR) is 118 cm³/mol. The van der Waals surface area contributed by atoms with Crippen molar-refractivity contribution in [3.63, 3.8) is 0 Å². The maximum atomic E-state index is 13.3. The third-order valence-electron chi connectivity index (χ3n) is 6.20. The SMILES string of the molecule is Cc1ccc(N2C(=O)CC(c3ccc(C(F)(F)F)cc3)C3=C2CC(C)(C)CC3=O)cc1Cl. The van der Waals surface area contributed by atoms with E-state index in [1.54, 1.807) is 17.0 Å². The first kappa shape index (κ1) is 22.6. The van der Waals surface area contributed by atoms with Crippen LogP contribution in [0.1, 0.15) is 55.7 Å². The van der Waals surface area contributed by atoms with Crippen LogP contribution < -0.4 is 4.90 Å². The summed E-state index contributed by atoms with van der Waals surface area (Å²) in [6, 6.07) is 10.1. The fourth-order valence-corrected chi connectivity index (χ4v) is 4.80. The molecule has 1 aliphatic carbocycles. The zero-order chi connectivity index (χ0) is 23.4. The number of aryl methyl sites for hydroxylation is 1. The lowest BCUT2D eigenvalue weighted by Gasteiger charge is -2.43. The van der Waals surface area contributed by atoms with Crippen LogP contribution in [0, 0.1) is 12.3 Å². The highest BCUT2D eigenvalue weighted by Crippen LogP contribution is 2.48. The number of carbonyl (C=O) groups excluding carboxylic acids is 2. The van der Waals surface area contributed by atoms with E-state index in [-0.39, 0.29) is 23.5 Å². The highest BCUT2D eigenvalue weighted by atomic mass is 35.5. The van der Waals surface area contributed by atoms with E-state index in [2.05, 4.69) is 0 Å². The largest absolute Gasteiger partial charge is 0.416 e. The van der Waals surface area contributed by atoms with Crippen LogP contribution in [0.3, 0.4) is 0 Å². The molecule has 2 aromatic rings. The van der Waals surface area contributed by atoms with Crippen LogP contribution in [0.2, 0.25) is 5.02 Å². The number of benzene rings is 2. The second-order valence-electron chi connectivity index (χ2n) is 9.34. The summed E-state index contributed by atoms with van der Waals surface area (Å²) in [7, 11) is 0. The molecule has 0 aromatic heterocycles. The van der Waals surface area contributed by atoms with Crippen molar-refractivity contribution < 1.29 is 22.8 Å². The van der Waals surface area contributed by atoms with Gasteiger partial charge in [0.2, 0.25) is 5.91 Å². The van der Waals surface area contributed by atoms with E-state index in [4.69, 9.17) is 11.6 Å². The third-order valence-corrected chi connectivity index (χ3v) is 6.60. The lowest BCUT2D eigenvalue weighted by molar-refractivity contribution is -0.137. The molecule has 1 aliphatic heterocycles. The number of hydrogen-bond donors (Lipinski definition) is 0. The van der Waals surface area contributed by atoms with Gasteiger partial charge in [-0.15, -0.1) is 0 Å². The Morgan fingerprint density at radius 3 is 2.28 bits per heavy atom. The van der Waals surface area contributed by atoms with Gasteiger partial charge in [0, 0.05) is 35.1 Å². The van der Waals surface area contributed by atoms with Crippen molar-refractivity contribution in [1.82, 2.24) is 0 Å². The zero-order valence-corrected chi connectivity index (χ0v) is 18.8. The molecule has 0 spiro atoms. The molecule has 1 amide bonds. The number of anilines is 1. The van der Waals surface area contributed by atoms with E-state index in [1.165, 1.54) is 12.1 Å². The monoisotopic (exact) mass is 461 g/mol. The van der Waals surface area contributed by atoms with Gasteiger partial charge in [-0.1, -0.05) is 43.6 Å². The topological polar surface area (TPSA) is 37.4 Å². The Morgan fingerprint density at radius 1 is 1.03 bits per heavy atom. The Bertz CT molecular complexity index is 1130. The van der Waals surface area contributed by atoms with Gasteiger partial charge in [-0.05, 0) is 54.2 Å². The first-order valence-corrected chi connectivity index (χ1v) is 10.8. The van der Waals surface area contributed by atoms with Crippen LogP contribution in [0.25, 0.3) is 0 Å². The number of alkyl halides is 3. The van der Waals surface area contributed by atoms with Crippen LogP contribution >= 0.6 is 11.6 Å². The Kier molecular flexibility index (Phi) is 5.48. The number of Topliss-reactive ketones (excluding diaryl/α,β-unsaturated/α-hetero) is 1. The standard InChI is InChI=1S/C25H23ClF3NO2/c1-14-4-9-17(10-19(14)26)30-20-12-24(2,3)13-21(31)23(20)18(11-22(30)32)15-5-7-16(8-6-15)25(27,28)29/h4-10,18H,11-13H2,1-3H3. The second-order valence-corrected chi connectivity index (χ2v) is 9.75. The minimum atomic E-state index is -4.45. The minimum absolute atomic E-state index is 0.00185. The highest BCUT2D eigenvalue weighted by Gasteiger charge is 2.44. The van der Waals surface area contributed by atoms with E-state index < -0.39 is 17.7 Å². The summed E-state index contributed by atoms with van der Waals surface area (Å²) in [6.07, 6.45) is -3.62. The molecule has 0 N–H and O–H groups in total. The van der Waals surface area contributed by atoms with Gasteiger partial charge < -0.3 is 0 Å². The number of hydrogen-bond acceptors (Lipinski definition) is 2. The van der Waals surface area contributed by atoms with Gasteiger partial charge in [-0.3, -0.25) is 14.5 Å². The first-order chi connectivity index (χ1) is 14.9. The Morgan fingerprint density at radius 2 is 1.69 bits per heavy atom. The summed E-state index contributed by atoms with van der Waals surface area (Å²) in [5, 5.41) is 0.517. The molecule has 2 aliphatic rings. The summed E-state index contributed by atoms with van der Waals surface area (Å²) in [6.45, 7) is 5.81. The molecular weight excluding hydrogens is 439 g/mol. The smallest absolute Gasteiger partial charge is 0.294 e. The summed E-state index contributed by atoms with van der Waals surface area (Å²) in [4.78, 5) is 28.2. The fourth-order valence-electron chi connectivity index (χ4n) is 4.62. The molecule has 4 rings (SSSR count). The summed E-state index contributed by atoms with van der Waals surface area (Å²) >= 11 is 6.30. The third kappa shape index (κ3) is 4.08. The average molecular weight is 462 g/mol. The van der Waals surface area contributed by atoms with Gasteiger partial charge >= 0.3 is 6.18 Å². The lowest BCUT2D eigenvalue weighted by Crippen LogP contribution is -2.43. The van der Waals surface area contributed by atoms with Crippen molar-refractivity contribution in [2.45, 2.75) is 52.1 Å². The molecule has 1 unspecified atom stereocenters. The quantitative estimate of drug-likeness (QED) is 0.491. The van der Waals surface area contributed by atoms with Crippen LogP contribution in [-0.4, -0.2) is 11.7 Å². The van der Waals surface area contributed by atoms with Crippen LogP contribution in [0.5, 0.6) is 0 Å². The fraction of sp³-hybridized carbons (Fsp3) is 0.360. The Hall–Kier alpha value is -2.60. The molecule has 0 saturated carbocycles. The summed E-state index contributed by atoms with van der Waals surface area (Å²) in [5.41, 5.74) is 2.03. The number of amides is 1. The van der Waals surface area contributed by atoms with Gasteiger partial charge in [0.05, 0.1) is 11.3 Å². The van der Waals surface area contributed by atoms with E-state index in [0.29, 0.717) is 40.4 Å². The number of carbonyl (C=O) groups is 2. The predicted octanol–water partition coefficient (Wildman–Crippen LogP) is 6.83. The molecule has 1 heterocycles. The molecule has 0 bridgehead atoms. The van der Waals surface area contributed by atoms with Gasteiger partial charge in [0.1, 0.15) is 0 Å². The van der Waals surface area contributed by atoms with Gasteiger partial charge in [0.25, 0.3) is 0 Å². The molecule has 0 saturated heterocycles. The second kappa shape index (κ2) is 7.77. The van der Waals surface area contributed by atoms with E-state index in [1.807, 2.05) is 26.8 Å². The summed E-state index contributed by atoms with van der Waals surface area (Å²) in [5.74, 6) is -0.850. The molecule has 0 radical (unpaired) electrons. The zero-order valence-electron chi connectivity index (χ0n) is 18.0. The molecule has 1 atom stereocenters. The van der Waals surface area contributed by atoms with Crippen molar-refractivity contribution >= 4 is 29.0 Å². The Balaban J connectivity index is 1.85. The number of rotatable bonds is 2. The molecule has 7 heteroatoms. The number of halogens is 4. The van der Waals surface area contributed by atoms with Gasteiger partial charge in [-0.2, -0.15) is 13.2 Å². The molecule has 2 aromatic carbocycles. The van der Waals surface area contributed by atoms with Gasteiger partial charge in [0.15, 0.2) is 5.78 Å². The van der Waals surface area contributed by atoms with Crippen LogP contribution in [0.4, 0.5) is 18.9 Å². The molecular formula is C25H23ClF3NO2. The number of ketones is 1. The average Bonchev–Trinajstić information content (AvgIpc) is 2.68. The normalized spacial score (nSPS) is 21.1. The van der Waals surface area contributed by atoms with Gasteiger partial charge in [-0.25, -0.2) is 0 Å². The van der Waals surface area contributed by atoms with Crippen molar-refractivity contribution in [1.29, 1.82) is 0 Å². The van der Waals surface area contributed by atoms with Crippen molar-refractivity contribution in [2.24, 2.45) is 5.41 Å². The van der Waals surface area contributed by atoms with E-state index in [9.17, 15) is 22.8 Å².